The predicted octanol–water partition coefficient (Wildman–Crippen LogP) is 1.52. The van der Waals surface area contributed by atoms with Crippen molar-refractivity contribution in [2.75, 3.05) is 11.4 Å². The van der Waals surface area contributed by atoms with Crippen molar-refractivity contribution >= 4 is 22.4 Å². The van der Waals surface area contributed by atoms with Gasteiger partial charge in [0.15, 0.2) is 5.13 Å². The van der Waals surface area contributed by atoms with Crippen LogP contribution in [0, 0.1) is 5.41 Å². The van der Waals surface area contributed by atoms with E-state index in [9.17, 15) is 4.79 Å². The Balaban J connectivity index is 2.18. The van der Waals surface area contributed by atoms with E-state index in [1.807, 2.05) is 19.2 Å². The first-order valence-electron chi connectivity index (χ1n) is 3.83. The van der Waals surface area contributed by atoms with Crippen molar-refractivity contribution in [2.24, 2.45) is 5.41 Å². The van der Waals surface area contributed by atoms with Crippen LogP contribution < -0.4 is 4.90 Å². The first kappa shape index (κ1) is 7.73. The van der Waals surface area contributed by atoms with Crippen LogP contribution in [0.2, 0.25) is 0 Å². The molecule has 0 atom stereocenters. The molecule has 12 heavy (non-hydrogen) atoms. The Hall–Kier alpha value is -0.900. The van der Waals surface area contributed by atoms with Gasteiger partial charge in [-0.15, -0.1) is 11.3 Å². The maximum atomic E-state index is 11.5. The van der Waals surface area contributed by atoms with Crippen LogP contribution in [0.15, 0.2) is 11.6 Å². The van der Waals surface area contributed by atoms with Crippen LogP contribution >= 0.6 is 11.3 Å². The molecule has 0 spiro atoms. The molecule has 1 fully saturated rings. The highest BCUT2D eigenvalue weighted by atomic mass is 32.1. The molecule has 1 amide bonds. The topological polar surface area (TPSA) is 33.2 Å². The summed E-state index contributed by atoms with van der Waals surface area (Å²) in [5.74, 6) is 0.178. The van der Waals surface area contributed by atoms with Crippen molar-refractivity contribution in [1.82, 2.24) is 4.98 Å². The second-order valence-corrected chi connectivity index (χ2v) is 4.46. The molecule has 64 valence electrons. The number of anilines is 1. The molecule has 0 saturated carbocycles. The summed E-state index contributed by atoms with van der Waals surface area (Å²) in [6, 6.07) is 0. The SMILES string of the molecule is CC1(C)CN(c2nccs2)C1=O. The summed E-state index contributed by atoms with van der Waals surface area (Å²) in [5, 5.41) is 2.70. The third kappa shape index (κ3) is 0.948. The number of amides is 1. The molecule has 1 aromatic heterocycles. The molecule has 2 heterocycles. The Labute approximate surface area is 75.0 Å². The molecule has 0 unspecified atom stereocenters. The first-order valence-corrected chi connectivity index (χ1v) is 4.71. The molecule has 1 saturated heterocycles. The normalized spacial score (nSPS) is 20.8. The lowest BCUT2D eigenvalue weighted by atomic mass is 9.84. The van der Waals surface area contributed by atoms with E-state index < -0.39 is 0 Å². The van der Waals surface area contributed by atoms with Gasteiger partial charge in [-0.25, -0.2) is 4.98 Å². The predicted molar refractivity (Wildman–Crippen MR) is 48.2 cm³/mol. The zero-order chi connectivity index (χ0) is 8.77. The number of carbonyl (C=O) groups is 1. The second kappa shape index (κ2) is 2.29. The minimum atomic E-state index is -0.175. The van der Waals surface area contributed by atoms with Crippen molar-refractivity contribution < 1.29 is 4.79 Å². The lowest BCUT2D eigenvalue weighted by Crippen LogP contribution is -2.58. The van der Waals surface area contributed by atoms with E-state index in [2.05, 4.69) is 4.98 Å². The lowest BCUT2D eigenvalue weighted by Gasteiger charge is -2.42. The van der Waals surface area contributed by atoms with Crippen molar-refractivity contribution in [1.29, 1.82) is 0 Å². The molecule has 0 N–H and O–H groups in total. The van der Waals surface area contributed by atoms with Crippen molar-refractivity contribution in [3.63, 3.8) is 0 Å². The van der Waals surface area contributed by atoms with E-state index >= 15 is 0 Å². The summed E-state index contributed by atoms with van der Waals surface area (Å²) in [4.78, 5) is 17.3. The molecule has 4 heteroatoms. The zero-order valence-electron chi connectivity index (χ0n) is 7.07. The average Bonchev–Trinajstić information content (AvgIpc) is 2.52. The Bertz CT molecular complexity index is 305. The Morgan fingerprint density at radius 1 is 1.67 bits per heavy atom. The van der Waals surface area contributed by atoms with Gasteiger partial charge in [0.2, 0.25) is 5.91 Å². The van der Waals surface area contributed by atoms with E-state index in [0.717, 1.165) is 11.7 Å². The summed E-state index contributed by atoms with van der Waals surface area (Å²) in [6.07, 6.45) is 1.72. The van der Waals surface area contributed by atoms with Gasteiger partial charge < -0.3 is 0 Å². The van der Waals surface area contributed by atoms with Gasteiger partial charge in [0, 0.05) is 18.1 Å². The number of hydrogen-bond donors (Lipinski definition) is 0. The van der Waals surface area contributed by atoms with Crippen LogP contribution in [0.1, 0.15) is 13.8 Å². The lowest BCUT2D eigenvalue weighted by molar-refractivity contribution is -0.132. The van der Waals surface area contributed by atoms with Gasteiger partial charge in [-0.3, -0.25) is 9.69 Å². The van der Waals surface area contributed by atoms with Gasteiger partial charge in [0.25, 0.3) is 0 Å². The van der Waals surface area contributed by atoms with E-state index in [-0.39, 0.29) is 11.3 Å². The summed E-state index contributed by atoms with van der Waals surface area (Å²) in [7, 11) is 0. The smallest absolute Gasteiger partial charge is 0.236 e. The average molecular weight is 182 g/mol. The van der Waals surface area contributed by atoms with E-state index in [1.54, 1.807) is 11.1 Å². The number of aromatic nitrogens is 1. The van der Waals surface area contributed by atoms with Crippen LogP contribution in [-0.4, -0.2) is 17.4 Å². The van der Waals surface area contributed by atoms with E-state index in [4.69, 9.17) is 0 Å². The highest BCUT2D eigenvalue weighted by molar-refractivity contribution is 7.13. The van der Waals surface area contributed by atoms with E-state index in [0.29, 0.717) is 0 Å². The summed E-state index contributed by atoms with van der Waals surface area (Å²) < 4.78 is 0. The molecular formula is C8H10N2OS. The third-order valence-electron chi connectivity index (χ3n) is 2.03. The zero-order valence-corrected chi connectivity index (χ0v) is 7.89. The molecule has 0 aromatic carbocycles. The minimum absolute atomic E-state index is 0.175. The molecule has 0 bridgehead atoms. The van der Waals surface area contributed by atoms with Crippen molar-refractivity contribution in [3.8, 4) is 0 Å². The summed E-state index contributed by atoms with van der Waals surface area (Å²) in [6.45, 7) is 4.71. The van der Waals surface area contributed by atoms with Crippen LogP contribution in [0.3, 0.4) is 0 Å². The van der Waals surface area contributed by atoms with Crippen molar-refractivity contribution in [3.05, 3.63) is 11.6 Å². The molecule has 0 radical (unpaired) electrons. The number of carbonyl (C=O) groups excluding carboxylic acids is 1. The van der Waals surface area contributed by atoms with Crippen molar-refractivity contribution in [2.45, 2.75) is 13.8 Å². The van der Waals surface area contributed by atoms with Crippen LogP contribution in [0.5, 0.6) is 0 Å². The van der Waals surface area contributed by atoms with Gasteiger partial charge in [-0.1, -0.05) is 0 Å². The maximum Gasteiger partial charge on any atom is 0.236 e. The third-order valence-corrected chi connectivity index (χ3v) is 2.82. The number of hydrogen-bond acceptors (Lipinski definition) is 3. The maximum absolute atomic E-state index is 11.5. The van der Waals surface area contributed by atoms with Gasteiger partial charge in [-0.2, -0.15) is 0 Å². The fourth-order valence-electron chi connectivity index (χ4n) is 1.31. The molecular weight excluding hydrogens is 172 g/mol. The molecule has 1 aliphatic heterocycles. The first-order chi connectivity index (χ1) is 5.61. The highest BCUT2D eigenvalue weighted by Crippen LogP contribution is 2.35. The largest absolute Gasteiger partial charge is 0.287 e. The summed E-state index contributed by atoms with van der Waals surface area (Å²) >= 11 is 1.51. The molecule has 1 aliphatic rings. The number of thiazole rings is 1. The summed E-state index contributed by atoms with van der Waals surface area (Å²) in [5.41, 5.74) is -0.175. The Kier molecular flexibility index (Phi) is 1.48. The number of rotatable bonds is 1. The minimum Gasteiger partial charge on any atom is -0.287 e. The Morgan fingerprint density at radius 3 is 2.83 bits per heavy atom. The number of β-lactam (4-membered cyclic amide) rings is 1. The van der Waals surface area contributed by atoms with Crippen LogP contribution in [0.25, 0.3) is 0 Å². The standard InChI is InChI=1S/C8H10N2OS/c1-8(2)5-10(6(8)11)7-9-3-4-12-7/h3-4H,5H2,1-2H3. The van der Waals surface area contributed by atoms with Gasteiger partial charge in [0.05, 0.1) is 5.41 Å². The fourth-order valence-corrected chi connectivity index (χ4v) is 1.95. The van der Waals surface area contributed by atoms with Crippen LogP contribution in [-0.2, 0) is 4.79 Å². The van der Waals surface area contributed by atoms with E-state index in [1.165, 1.54) is 11.3 Å². The highest BCUT2D eigenvalue weighted by Gasteiger charge is 2.45. The number of nitrogens with zero attached hydrogens (tertiary/aromatic N) is 2. The van der Waals surface area contributed by atoms with Crippen LogP contribution in [0.4, 0.5) is 5.13 Å². The quantitative estimate of drug-likeness (QED) is 0.617. The van der Waals surface area contributed by atoms with Gasteiger partial charge in [-0.05, 0) is 13.8 Å². The van der Waals surface area contributed by atoms with Gasteiger partial charge >= 0.3 is 0 Å². The Morgan fingerprint density at radius 2 is 2.42 bits per heavy atom. The van der Waals surface area contributed by atoms with Gasteiger partial charge in [0.1, 0.15) is 0 Å². The molecule has 1 aromatic rings. The monoisotopic (exact) mass is 182 g/mol. The fraction of sp³-hybridized carbons (Fsp3) is 0.500. The molecule has 3 nitrogen and oxygen atoms in total. The second-order valence-electron chi connectivity index (χ2n) is 3.59. The molecule has 2 rings (SSSR count). The molecule has 0 aliphatic carbocycles.